The van der Waals surface area contributed by atoms with Gasteiger partial charge in [0.15, 0.2) is 11.5 Å². The molecule has 0 saturated carbocycles. The molecule has 0 heterocycles. The number of aromatic hydroxyl groups is 1. The van der Waals surface area contributed by atoms with Crippen molar-refractivity contribution >= 4 is 11.6 Å². The van der Waals surface area contributed by atoms with Gasteiger partial charge in [0.05, 0.1) is 12.1 Å². The lowest BCUT2D eigenvalue weighted by Crippen LogP contribution is -2.11. The molecule has 0 fully saturated rings. The number of phenols is 1. The van der Waals surface area contributed by atoms with E-state index in [9.17, 15) is 9.50 Å². The Morgan fingerprint density at radius 1 is 1.60 bits per heavy atom. The van der Waals surface area contributed by atoms with Crippen molar-refractivity contribution < 1.29 is 14.2 Å². The fraction of sp³-hybridized carbons (Fsp3) is 0.400. The van der Waals surface area contributed by atoms with Crippen LogP contribution in [0.25, 0.3) is 0 Å². The van der Waals surface area contributed by atoms with E-state index in [1.165, 1.54) is 7.11 Å². The third-order valence-corrected chi connectivity index (χ3v) is 2.51. The highest BCUT2D eigenvalue weighted by Crippen LogP contribution is 2.37. The van der Waals surface area contributed by atoms with E-state index >= 15 is 0 Å². The molecule has 15 heavy (non-hydrogen) atoms. The van der Waals surface area contributed by atoms with Gasteiger partial charge in [-0.2, -0.15) is 0 Å². The van der Waals surface area contributed by atoms with E-state index in [2.05, 4.69) is 5.32 Å². The van der Waals surface area contributed by atoms with Gasteiger partial charge in [0.25, 0.3) is 0 Å². The van der Waals surface area contributed by atoms with Crippen molar-refractivity contribution in [3.63, 3.8) is 0 Å². The summed E-state index contributed by atoms with van der Waals surface area (Å²) >= 11 is 5.74. The van der Waals surface area contributed by atoms with Crippen LogP contribution in [0, 0.1) is 5.82 Å². The number of hydrogen-bond donors (Lipinski definition) is 2. The minimum absolute atomic E-state index is 0.0523. The number of halogens is 2. The van der Waals surface area contributed by atoms with Gasteiger partial charge in [-0.1, -0.05) is 11.6 Å². The molecule has 0 amide bonds. The van der Waals surface area contributed by atoms with Crippen LogP contribution in [0.4, 0.5) is 4.39 Å². The number of methoxy groups -OCH3 is 1. The summed E-state index contributed by atoms with van der Waals surface area (Å²) in [4.78, 5) is 0. The first kappa shape index (κ1) is 12.1. The van der Waals surface area contributed by atoms with Crippen LogP contribution in [0.5, 0.6) is 11.5 Å². The Labute approximate surface area is 92.8 Å². The van der Waals surface area contributed by atoms with Gasteiger partial charge in [0.2, 0.25) is 0 Å². The number of ether oxygens (including phenoxy) is 1. The maximum absolute atomic E-state index is 13.3. The summed E-state index contributed by atoms with van der Waals surface area (Å²) in [5, 5.41) is 12.6. The molecule has 0 atom stereocenters. The second-order valence-electron chi connectivity index (χ2n) is 3.06. The van der Waals surface area contributed by atoms with Gasteiger partial charge in [-0.05, 0) is 20.0 Å². The standard InChI is InChI=1S/C10H13ClFNO2/c1-13-4-3-6-9(11)7(12)5-8(15-2)10(6)14/h5,13-14H,3-4H2,1-2H3. The van der Waals surface area contributed by atoms with Crippen LogP contribution in [0.2, 0.25) is 5.02 Å². The maximum Gasteiger partial charge on any atom is 0.163 e. The average molecular weight is 234 g/mol. The van der Waals surface area contributed by atoms with Gasteiger partial charge in [0.1, 0.15) is 5.82 Å². The normalized spacial score (nSPS) is 10.4. The van der Waals surface area contributed by atoms with Gasteiger partial charge in [0, 0.05) is 11.6 Å². The zero-order chi connectivity index (χ0) is 11.4. The van der Waals surface area contributed by atoms with Crippen LogP contribution in [-0.2, 0) is 6.42 Å². The topological polar surface area (TPSA) is 41.5 Å². The van der Waals surface area contributed by atoms with Crippen molar-refractivity contribution in [1.82, 2.24) is 5.32 Å². The average Bonchev–Trinajstić information content (AvgIpc) is 2.23. The molecule has 0 aliphatic heterocycles. The zero-order valence-corrected chi connectivity index (χ0v) is 9.36. The Morgan fingerprint density at radius 3 is 2.80 bits per heavy atom. The van der Waals surface area contributed by atoms with E-state index in [0.29, 0.717) is 18.5 Å². The molecular weight excluding hydrogens is 221 g/mol. The van der Waals surface area contributed by atoms with E-state index < -0.39 is 5.82 Å². The van der Waals surface area contributed by atoms with Crippen molar-refractivity contribution in [2.75, 3.05) is 20.7 Å². The Morgan fingerprint density at radius 2 is 2.27 bits per heavy atom. The quantitative estimate of drug-likeness (QED) is 0.835. The molecule has 0 unspecified atom stereocenters. The Kier molecular flexibility index (Phi) is 4.17. The fourth-order valence-corrected chi connectivity index (χ4v) is 1.52. The number of benzene rings is 1. The number of rotatable bonds is 4. The van der Waals surface area contributed by atoms with Crippen molar-refractivity contribution in [1.29, 1.82) is 0 Å². The van der Waals surface area contributed by atoms with Gasteiger partial charge < -0.3 is 15.2 Å². The second kappa shape index (κ2) is 5.19. The molecular formula is C10H13ClFNO2. The number of hydrogen-bond acceptors (Lipinski definition) is 3. The predicted molar refractivity (Wildman–Crippen MR) is 57.3 cm³/mol. The number of likely N-dealkylation sites (N-methyl/N-ethyl adjacent to an activating group) is 1. The Hall–Kier alpha value is -1.00. The molecule has 5 heteroatoms. The van der Waals surface area contributed by atoms with Crippen molar-refractivity contribution in [3.05, 3.63) is 22.5 Å². The largest absolute Gasteiger partial charge is 0.504 e. The first-order chi connectivity index (χ1) is 7.11. The summed E-state index contributed by atoms with van der Waals surface area (Å²) in [6.45, 7) is 0.597. The highest BCUT2D eigenvalue weighted by Gasteiger charge is 2.16. The minimum atomic E-state index is -0.586. The van der Waals surface area contributed by atoms with Gasteiger partial charge in [-0.25, -0.2) is 4.39 Å². The van der Waals surface area contributed by atoms with Crippen LogP contribution in [0.3, 0.4) is 0 Å². The predicted octanol–water partition coefficient (Wildman–Crippen LogP) is 1.96. The molecule has 84 valence electrons. The van der Waals surface area contributed by atoms with Crippen LogP contribution < -0.4 is 10.1 Å². The lowest BCUT2D eigenvalue weighted by atomic mass is 10.1. The monoisotopic (exact) mass is 233 g/mol. The van der Waals surface area contributed by atoms with Crippen molar-refractivity contribution in [2.45, 2.75) is 6.42 Å². The van der Waals surface area contributed by atoms with Crippen molar-refractivity contribution in [2.24, 2.45) is 0 Å². The molecule has 2 N–H and O–H groups in total. The van der Waals surface area contributed by atoms with Gasteiger partial charge in [-0.3, -0.25) is 0 Å². The summed E-state index contributed by atoms with van der Waals surface area (Å²) in [5.74, 6) is -0.584. The first-order valence-corrected chi connectivity index (χ1v) is 4.88. The molecule has 1 aromatic carbocycles. The smallest absolute Gasteiger partial charge is 0.163 e. The van der Waals surface area contributed by atoms with E-state index in [-0.39, 0.29) is 16.5 Å². The summed E-state index contributed by atoms with van der Waals surface area (Å²) < 4.78 is 18.1. The number of phenolic OH excluding ortho intramolecular Hbond substituents is 1. The molecule has 0 spiro atoms. The van der Waals surface area contributed by atoms with Crippen LogP contribution >= 0.6 is 11.6 Å². The highest BCUT2D eigenvalue weighted by atomic mass is 35.5. The molecule has 1 aromatic rings. The van der Waals surface area contributed by atoms with E-state index in [0.717, 1.165) is 6.07 Å². The molecule has 3 nitrogen and oxygen atoms in total. The molecule has 0 bridgehead atoms. The molecule has 0 aromatic heterocycles. The molecule has 1 rings (SSSR count). The van der Waals surface area contributed by atoms with Crippen LogP contribution in [0.1, 0.15) is 5.56 Å². The maximum atomic E-state index is 13.3. The summed E-state index contributed by atoms with van der Waals surface area (Å²) in [6, 6.07) is 1.07. The lowest BCUT2D eigenvalue weighted by molar-refractivity contribution is 0.367. The highest BCUT2D eigenvalue weighted by molar-refractivity contribution is 6.31. The zero-order valence-electron chi connectivity index (χ0n) is 8.60. The molecule has 0 aliphatic carbocycles. The third kappa shape index (κ3) is 2.52. The second-order valence-corrected chi connectivity index (χ2v) is 3.43. The Balaban J connectivity index is 3.15. The van der Waals surface area contributed by atoms with E-state index in [1.54, 1.807) is 7.05 Å². The van der Waals surface area contributed by atoms with Gasteiger partial charge >= 0.3 is 0 Å². The third-order valence-electron chi connectivity index (χ3n) is 2.10. The van der Waals surface area contributed by atoms with Gasteiger partial charge in [-0.15, -0.1) is 0 Å². The SMILES string of the molecule is CNCCc1c(O)c(OC)cc(F)c1Cl. The molecule has 0 radical (unpaired) electrons. The summed E-state index contributed by atoms with van der Waals surface area (Å²) in [6.07, 6.45) is 0.440. The molecule has 0 saturated heterocycles. The van der Waals surface area contributed by atoms with E-state index in [4.69, 9.17) is 16.3 Å². The fourth-order valence-electron chi connectivity index (χ4n) is 1.28. The van der Waals surface area contributed by atoms with E-state index in [1.807, 2.05) is 0 Å². The Bertz CT molecular complexity index is 358. The number of nitrogens with one attached hydrogen (secondary N) is 1. The summed E-state index contributed by atoms with van der Waals surface area (Å²) in [5.41, 5.74) is 0.364. The van der Waals surface area contributed by atoms with Crippen molar-refractivity contribution in [3.8, 4) is 11.5 Å². The van der Waals surface area contributed by atoms with Crippen LogP contribution in [-0.4, -0.2) is 25.8 Å². The first-order valence-electron chi connectivity index (χ1n) is 4.50. The van der Waals surface area contributed by atoms with Crippen LogP contribution in [0.15, 0.2) is 6.07 Å². The molecule has 0 aliphatic rings. The lowest BCUT2D eigenvalue weighted by Gasteiger charge is -2.11. The minimum Gasteiger partial charge on any atom is -0.504 e. The summed E-state index contributed by atoms with van der Waals surface area (Å²) in [7, 11) is 3.13.